The lowest BCUT2D eigenvalue weighted by atomic mass is 9.86. The number of halogens is 1. The van der Waals surface area contributed by atoms with Gasteiger partial charge < -0.3 is 10.2 Å². The fourth-order valence-corrected chi connectivity index (χ4v) is 3.57. The molecule has 1 aliphatic rings. The molecule has 0 bridgehead atoms. The van der Waals surface area contributed by atoms with Crippen LogP contribution in [0, 0.1) is 0 Å². The first-order valence-corrected chi connectivity index (χ1v) is 8.97. The third-order valence-electron chi connectivity index (χ3n) is 4.51. The van der Waals surface area contributed by atoms with Crippen LogP contribution in [0.2, 0.25) is 0 Å². The van der Waals surface area contributed by atoms with Crippen molar-refractivity contribution in [2.45, 2.75) is 0 Å². The Morgan fingerprint density at radius 3 is 1.85 bits per heavy atom. The molecular weight excluding hydrogens is 408 g/mol. The van der Waals surface area contributed by atoms with Gasteiger partial charge in [0, 0.05) is 4.47 Å². The maximum Gasteiger partial charge on any atom is 0.232 e. The number of fused-ring (bicyclic) bond motifs is 1. The second kappa shape index (κ2) is 6.52. The van der Waals surface area contributed by atoms with Crippen LogP contribution in [-0.4, -0.2) is 21.8 Å². The van der Waals surface area contributed by atoms with E-state index in [2.05, 4.69) is 15.9 Å². The Bertz CT molecular complexity index is 1170. The molecule has 0 saturated heterocycles. The Labute approximate surface area is 163 Å². The van der Waals surface area contributed by atoms with Crippen molar-refractivity contribution in [3.63, 3.8) is 0 Å². The van der Waals surface area contributed by atoms with Gasteiger partial charge in [-0.25, -0.2) is 0 Å². The summed E-state index contributed by atoms with van der Waals surface area (Å²) < 4.78 is 0.918. The highest BCUT2D eigenvalue weighted by molar-refractivity contribution is 9.10. The van der Waals surface area contributed by atoms with Crippen LogP contribution in [0.3, 0.4) is 0 Å². The molecule has 0 atom stereocenters. The predicted molar refractivity (Wildman–Crippen MR) is 107 cm³/mol. The van der Waals surface area contributed by atoms with E-state index in [0.717, 1.165) is 15.2 Å². The lowest BCUT2D eigenvalue weighted by Crippen LogP contribution is -2.22. The molecule has 4 nitrogen and oxygen atoms in total. The quantitative estimate of drug-likeness (QED) is 0.572. The zero-order valence-corrected chi connectivity index (χ0v) is 15.5. The van der Waals surface area contributed by atoms with Gasteiger partial charge in [-0.15, -0.1) is 0 Å². The van der Waals surface area contributed by atoms with E-state index >= 15 is 0 Å². The van der Waals surface area contributed by atoms with E-state index in [0.29, 0.717) is 11.1 Å². The Balaban J connectivity index is 1.85. The van der Waals surface area contributed by atoms with Crippen molar-refractivity contribution in [1.29, 1.82) is 0 Å². The third kappa shape index (κ3) is 2.86. The van der Waals surface area contributed by atoms with E-state index < -0.39 is 23.1 Å². The molecule has 27 heavy (non-hydrogen) atoms. The van der Waals surface area contributed by atoms with Crippen molar-refractivity contribution in [3.8, 4) is 0 Å². The first kappa shape index (κ1) is 17.2. The second-order valence-electron chi connectivity index (χ2n) is 6.18. The van der Waals surface area contributed by atoms with Gasteiger partial charge in [0.15, 0.2) is 11.5 Å². The molecule has 0 aromatic heterocycles. The van der Waals surface area contributed by atoms with Crippen LogP contribution in [0.15, 0.2) is 82.7 Å². The summed E-state index contributed by atoms with van der Waals surface area (Å²) in [5, 5.41) is 22.7. The van der Waals surface area contributed by atoms with Crippen molar-refractivity contribution in [1.82, 2.24) is 0 Å². The number of aliphatic hydroxyl groups excluding tert-OH is 2. The molecule has 0 spiro atoms. The molecule has 4 rings (SSSR count). The standard InChI is InChI=1S/C22H13BrO4/c23-16-9-8-13-10-15(7-6-14(13)11-16)18-21(26)19(24)17(20(25)22(18)27)12-4-2-1-3-5-12/h1-11,24,27H. The number of Topliss-reactive ketones (excluding diaryl/α,β-unsaturated/α-hetero) is 2. The molecule has 0 amide bonds. The fourth-order valence-electron chi connectivity index (χ4n) is 3.19. The molecule has 0 fully saturated rings. The number of ketones is 2. The minimum absolute atomic E-state index is 0.188. The average molecular weight is 421 g/mol. The van der Waals surface area contributed by atoms with Crippen LogP contribution < -0.4 is 0 Å². The number of rotatable bonds is 2. The first-order chi connectivity index (χ1) is 13.0. The molecule has 0 heterocycles. The summed E-state index contributed by atoms with van der Waals surface area (Å²) in [6.07, 6.45) is 0. The van der Waals surface area contributed by atoms with E-state index in [1.54, 1.807) is 48.5 Å². The van der Waals surface area contributed by atoms with Gasteiger partial charge in [0.2, 0.25) is 11.6 Å². The Hall–Kier alpha value is -3.18. The van der Waals surface area contributed by atoms with Gasteiger partial charge in [-0.3, -0.25) is 9.59 Å². The number of aliphatic hydroxyl groups is 2. The van der Waals surface area contributed by atoms with Gasteiger partial charge in [-0.2, -0.15) is 0 Å². The minimum Gasteiger partial charge on any atom is -0.504 e. The lowest BCUT2D eigenvalue weighted by molar-refractivity contribution is -0.116. The minimum atomic E-state index is -0.776. The van der Waals surface area contributed by atoms with Crippen molar-refractivity contribution in [3.05, 3.63) is 93.8 Å². The van der Waals surface area contributed by atoms with Crippen molar-refractivity contribution in [2.24, 2.45) is 0 Å². The summed E-state index contributed by atoms with van der Waals surface area (Å²) in [5.74, 6) is -2.87. The van der Waals surface area contributed by atoms with E-state index in [9.17, 15) is 19.8 Å². The fraction of sp³-hybridized carbons (Fsp3) is 0. The predicted octanol–water partition coefficient (Wildman–Crippen LogP) is 4.99. The number of benzene rings is 3. The zero-order chi connectivity index (χ0) is 19.1. The second-order valence-corrected chi connectivity index (χ2v) is 7.09. The van der Waals surface area contributed by atoms with E-state index in [4.69, 9.17) is 0 Å². The van der Waals surface area contributed by atoms with Crippen LogP contribution in [0.4, 0.5) is 0 Å². The van der Waals surface area contributed by atoms with Gasteiger partial charge in [-0.05, 0) is 40.1 Å². The van der Waals surface area contributed by atoms with E-state index in [-0.39, 0.29) is 11.1 Å². The van der Waals surface area contributed by atoms with Crippen molar-refractivity contribution in [2.75, 3.05) is 0 Å². The molecule has 3 aromatic rings. The highest BCUT2D eigenvalue weighted by Gasteiger charge is 2.36. The summed E-state index contributed by atoms with van der Waals surface area (Å²) in [6, 6.07) is 19.1. The molecule has 0 aliphatic heterocycles. The average Bonchev–Trinajstić information content (AvgIpc) is 2.68. The molecule has 0 radical (unpaired) electrons. The number of hydrogen-bond acceptors (Lipinski definition) is 4. The smallest absolute Gasteiger partial charge is 0.232 e. The summed E-state index contributed by atoms with van der Waals surface area (Å²) in [7, 11) is 0. The molecule has 0 unspecified atom stereocenters. The van der Waals surface area contributed by atoms with Crippen LogP contribution >= 0.6 is 15.9 Å². The number of carbonyl (C=O) groups is 2. The Morgan fingerprint density at radius 2 is 1.19 bits per heavy atom. The van der Waals surface area contributed by atoms with Gasteiger partial charge in [-0.1, -0.05) is 64.5 Å². The largest absolute Gasteiger partial charge is 0.504 e. The third-order valence-corrected chi connectivity index (χ3v) is 5.00. The topological polar surface area (TPSA) is 74.6 Å². The molecule has 132 valence electrons. The van der Waals surface area contributed by atoms with Gasteiger partial charge >= 0.3 is 0 Å². The van der Waals surface area contributed by atoms with Gasteiger partial charge in [0.25, 0.3) is 0 Å². The summed E-state index contributed by atoms with van der Waals surface area (Å²) in [5.41, 5.74) is 0.371. The summed E-state index contributed by atoms with van der Waals surface area (Å²) >= 11 is 3.40. The molecule has 1 aliphatic carbocycles. The first-order valence-electron chi connectivity index (χ1n) is 8.18. The molecular formula is C22H13BrO4. The maximum atomic E-state index is 12.8. The highest BCUT2D eigenvalue weighted by atomic mass is 79.9. The summed E-state index contributed by atoms with van der Waals surface area (Å²) in [4.78, 5) is 25.5. The Morgan fingerprint density at radius 1 is 0.630 bits per heavy atom. The number of allylic oxidation sites excluding steroid dienone is 2. The maximum absolute atomic E-state index is 12.8. The zero-order valence-electron chi connectivity index (χ0n) is 13.9. The monoisotopic (exact) mass is 420 g/mol. The number of carbonyl (C=O) groups excluding carboxylic acids is 2. The van der Waals surface area contributed by atoms with Crippen molar-refractivity contribution >= 4 is 49.4 Å². The van der Waals surface area contributed by atoms with E-state index in [1.807, 2.05) is 18.2 Å². The molecule has 0 saturated carbocycles. The van der Waals surface area contributed by atoms with Crippen LogP contribution in [0.5, 0.6) is 0 Å². The van der Waals surface area contributed by atoms with Crippen LogP contribution in [0.25, 0.3) is 21.9 Å². The Kier molecular flexibility index (Phi) is 4.16. The van der Waals surface area contributed by atoms with Crippen molar-refractivity contribution < 1.29 is 19.8 Å². The van der Waals surface area contributed by atoms with Crippen LogP contribution in [0.1, 0.15) is 11.1 Å². The SMILES string of the molecule is O=C1C(O)=C(c2ccc3cc(Br)ccc3c2)C(=O)C(O)=C1c1ccccc1. The number of hydrogen-bond donors (Lipinski definition) is 2. The molecule has 5 heteroatoms. The highest BCUT2D eigenvalue weighted by Crippen LogP contribution is 2.35. The molecule has 2 N–H and O–H groups in total. The summed E-state index contributed by atoms with van der Waals surface area (Å²) in [6.45, 7) is 0. The normalized spacial score (nSPS) is 15.0. The molecule has 3 aromatic carbocycles. The van der Waals surface area contributed by atoms with E-state index in [1.165, 1.54) is 0 Å². The van der Waals surface area contributed by atoms with Gasteiger partial charge in [0.1, 0.15) is 0 Å². The lowest BCUT2D eigenvalue weighted by Gasteiger charge is -2.18. The van der Waals surface area contributed by atoms with Gasteiger partial charge in [0.05, 0.1) is 11.1 Å². The van der Waals surface area contributed by atoms with Crippen LogP contribution in [-0.2, 0) is 9.59 Å².